The Kier molecular flexibility index (Phi) is 7.35. The predicted molar refractivity (Wildman–Crippen MR) is 98.5 cm³/mol. The molecular formula is C19H41N3. The summed E-state index contributed by atoms with van der Waals surface area (Å²) in [6.45, 7) is 21.4. The van der Waals surface area contributed by atoms with Gasteiger partial charge in [0.15, 0.2) is 0 Å². The van der Waals surface area contributed by atoms with Gasteiger partial charge >= 0.3 is 0 Å². The van der Waals surface area contributed by atoms with Gasteiger partial charge in [-0.2, -0.15) is 0 Å². The van der Waals surface area contributed by atoms with Crippen molar-refractivity contribution in [2.45, 2.75) is 59.9 Å². The summed E-state index contributed by atoms with van der Waals surface area (Å²) in [6, 6.07) is 0. The van der Waals surface area contributed by atoms with Crippen molar-refractivity contribution in [2.24, 2.45) is 11.3 Å². The Labute approximate surface area is 140 Å². The van der Waals surface area contributed by atoms with Crippen molar-refractivity contribution in [3.05, 3.63) is 0 Å². The molecule has 0 aromatic rings. The molecule has 0 aromatic carbocycles. The Morgan fingerprint density at radius 3 is 1.41 bits per heavy atom. The summed E-state index contributed by atoms with van der Waals surface area (Å²) in [5.41, 5.74) is 0.891. The third-order valence-electron chi connectivity index (χ3n) is 5.40. The van der Waals surface area contributed by atoms with Crippen LogP contribution in [-0.2, 0) is 0 Å². The third kappa shape index (κ3) is 6.97. The van der Waals surface area contributed by atoms with Crippen LogP contribution in [0.25, 0.3) is 0 Å². The van der Waals surface area contributed by atoms with Gasteiger partial charge in [-0.05, 0) is 72.1 Å². The van der Waals surface area contributed by atoms with E-state index < -0.39 is 0 Å². The molecule has 2 heterocycles. The molecule has 2 saturated heterocycles. The van der Waals surface area contributed by atoms with E-state index in [4.69, 9.17) is 0 Å². The molecule has 0 radical (unpaired) electrons. The van der Waals surface area contributed by atoms with Crippen LogP contribution in [0.4, 0.5) is 0 Å². The van der Waals surface area contributed by atoms with E-state index in [9.17, 15) is 0 Å². The highest BCUT2D eigenvalue weighted by Crippen LogP contribution is 2.33. The fourth-order valence-electron chi connectivity index (χ4n) is 3.35. The van der Waals surface area contributed by atoms with E-state index >= 15 is 0 Å². The molecule has 0 aromatic heterocycles. The lowest BCUT2D eigenvalue weighted by molar-refractivity contribution is 0.0735. The lowest BCUT2D eigenvalue weighted by Gasteiger charge is -2.41. The van der Waals surface area contributed by atoms with Gasteiger partial charge in [0.25, 0.3) is 0 Å². The second kappa shape index (κ2) is 8.12. The first kappa shape index (κ1) is 19.9. The topological polar surface area (TPSA) is 9.72 Å². The fraction of sp³-hybridized carbons (Fsp3) is 1.00. The van der Waals surface area contributed by atoms with Crippen LogP contribution in [0.3, 0.4) is 0 Å². The van der Waals surface area contributed by atoms with Crippen LogP contribution < -0.4 is 0 Å². The van der Waals surface area contributed by atoms with E-state index in [1.54, 1.807) is 0 Å². The highest BCUT2D eigenvalue weighted by Gasteiger charge is 2.27. The molecule has 0 atom stereocenters. The molecule has 0 spiro atoms. The average molecular weight is 312 g/mol. The van der Waals surface area contributed by atoms with E-state index in [-0.39, 0.29) is 0 Å². The molecule has 0 amide bonds. The van der Waals surface area contributed by atoms with Gasteiger partial charge in [-0.1, -0.05) is 20.8 Å². The van der Waals surface area contributed by atoms with Gasteiger partial charge in [0.1, 0.15) is 0 Å². The molecule has 2 rings (SSSR count). The summed E-state index contributed by atoms with van der Waals surface area (Å²) >= 11 is 0. The van der Waals surface area contributed by atoms with E-state index in [2.05, 4.69) is 70.3 Å². The number of hydrogen-bond donors (Lipinski definition) is 0. The van der Waals surface area contributed by atoms with Gasteiger partial charge in [-0.25, -0.2) is 0 Å². The maximum Gasteiger partial charge on any atom is 0.0126 e. The van der Waals surface area contributed by atoms with E-state index in [0.717, 1.165) is 5.92 Å². The lowest BCUT2D eigenvalue weighted by atomic mass is 9.75. The second-order valence-corrected chi connectivity index (χ2v) is 9.40. The van der Waals surface area contributed by atoms with Crippen LogP contribution in [0.1, 0.15) is 54.4 Å². The second-order valence-electron chi connectivity index (χ2n) is 9.40. The highest BCUT2D eigenvalue weighted by atomic mass is 15.3. The van der Waals surface area contributed by atoms with Gasteiger partial charge in [0, 0.05) is 31.7 Å². The number of hydrogen-bond acceptors (Lipinski definition) is 3. The highest BCUT2D eigenvalue weighted by molar-refractivity contribution is 4.81. The number of likely N-dealkylation sites (tertiary alicyclic amines) is 1. The third-order valence-corrected chi connectivity index (χ3v) is 5.40. The van der Waals surface area contributed by atoms with E-state index in [1.165, 1.54) is 52.1 Å². The summed E-state index contributed by atoms with van der Waals surface area (Å²) in [5.74, 6) is 0.943. The number of likely N-dealkylation sites (N-methyl/N-ethyl adjacent to an activating group) is 1. The Bertz CT molecular complexity index is 266. The van der Waals surface area contributed by atoms with Gasteiger partial charge in [0.2, 0.25) is 0 Å². The normalized spacial score (nSPS) is 24.0. The molecule has 22 heavy (non-hydrogen) atoms. The molecule has 3 heteroatoms. The Morgan fingerprint density at radius 1 is 0.636 bits per heavy atom. The van der Waals surface area contributed by atoms with Crippen molar-refractivity contribution < 1.29 is 0 Å². The first-order valence-corrected chi connectivity index (χ1v) is 9.12. The minimum Gasteiger partial charge on any atom is -0.306 e. The van der Waals surface area contributed by atoms with Crippen LogP contribution in [0.5, 0.6) is 0 Å². The summed E-state index contributed by atoms with van der Waals surface area (Å²) < 4.78 is 0. The lowest BCUT2D eigenvalue weighted by Crippen LogP contribution is -2.52. The molecule has 0 bridgehead atoms. The van der Waals surface area contributed by atoms with E-state index in [1.807, 2.05) is 0 Å². The molecule has 2 fully saturated rings. The molecule has 0 N–H and O–H groups in total. The van der Waals surface area contributed by atoms with E-state index in [0.29, 0.717) is 11.0 Å². The smallest absolute Gasteiger partial charge is 0.0126 e. The largest absolute Gasteiger partial charge is 0.306 e. The zero-order chi connectivity index (χ0) is 17.0. The van der Waals surface area contributed by atoms with Gasteiger partial charge < -0.3 is 9.80 Å². The van der Waals surface area contributed by atoms with Crippen molar-refractivity contribution in [2.75, 3.05) is 53.4 Å². The van der Waals surface area contributed by atoms with Crippen molar-refractivity contribution in [1.82, 2.24) is 14.7 Å². The van der Waals surface area contributed by atoms with Crippen molar-refractivity contribution in [3.63, 3.8) is 0 Å². The first-order chi connectivity index (χ1) is 10.00. The number of rotatable bonds is 0. The standard InChI is InChI=1S/C10H21N.C9H20N2/c1-10(2,3)9-5-7-11(4)8-6-9;1-9(2,3)11-7-5-10(4)6-8-11/h9H,5-8H2,1-4H3;5-8H2,1-4H3. The summed E-state index contributed by atoms with van der Waals surface area (Å²) in [7, 11) is 4.42. The van der Waals surface area contributed by atoms with Crippen LogP contribution in [0, 0.1) is 11.3 Å². The monoisotopic (exact) mass is 311 g/mol. The molecule has 2 aliphatic rings. The summed E-state index contributed by atoms with van der Waals surface area (Å²) in [4.78, 5) is 7.37. The zero-order valence-electron chi connectivity index (χ0n) is 16.6. The fourth-order valence-corrected chi connectivity index (χ4v) is 3.35. The van der Waals surface area contributed by atoms with Crippen LogP contribution in [-0.4, -0.2) is 73.6 Å². The minimum absolute atomic E-state index is 0.362. The van der Waals surface area contributed by atoms with Crippen LogP contribution >= 0.6 is 0 Å². The number of piperazine rings is 1. The minimum atomic E-state index is 0.362. The predicted octanol–water partition coefficient (Wildman–Crippen LogP) is 3.41. The molecule has 2 aliphatic heterocycles. The molecule has 0 unspecified atom stereocenters. The van der Waals surface area contributed by atoms with Gasteiger partial charge in [-0.15, -0.1) is 0 Å². The molecule has 0 aliphatic carbocycles. The Hall–Kier alpha value is -0.120. The maximum absolute atomic E-state index is 2.55. The Balaban J connectivity index is 0.000000220. The Morgan fingerprint density at radius 2 is 1.05 bits per heavy atom. The van der Waals surface area contributed by atoms with Gasteiger partial charge in [0.05, 0.1) is 0 Å². The number of nitrogens with zero attached hydrogens (tertiary/aromatic N) is 3. The van der Waals surface area contributed by atoms with Crippen LogP contribution in [0.2, 0.25) is 0 Å². The van der Waals surface area contributed by atoms with Crippen molar-refractivity contribution in [1.29, 1.82) is 0 Å². The van der Waals surface area contributed by atoms with Gasteiger partial charge in [-0.3, -0.25) is 4.90 Å². The summed E-state index contributed by atoms with van der Waals surface area (Å²) in [6.07, 6.45) is 2.78. The molecule has 132 valence electrons. The van der Waals surface area contributed by atoms with Crippen molar-refractivity contribution >= 4 is 0 Å². The maximum atomic E-state index is 2.55. The quantitative estimate of drug-likeness (QED) is 0.679. The molecule has 3 nitrogen and oxygen atoms in total. The SMILES string of the molecule is CN1CCC(C(C)(C)C)CC1.CN1CCN(C(C)(C)C)CC1. The molecule has 0 saturated carbocycles. The van der Waals surface area contributed by atoms with Crippen LogP contribution in [0.15, 0.2) is 0 Å². The molecular weight excluding hydrogens is 270 g/mol. The summed E-state index contributed by atoms with van der Waals surface area (Å²) in [5, 5.41) is 0. The van der Waals surface area contributed by atoms with Crippen molar-refractivity contribution in [3.8, 4) is 0 Å². The average Bonchev–Trinajstić information content (AvgIpc) is 2.38. The zero-order valence-corrected chi connectivity index (χ0v) is 16.6. The first-order valence-electron chi connectivity index (χ1n) is 9.12. The number of piperidine rings is 1.